The molecule has 6 heteroatoms. The van der Waals surface area contributed by atoms with Crippen LogP contribution in [0.2, 0.25) is 0 Å². The lowest BCUT2D eigenvalue weighted by Crippen LogP contribution is -2.05. The van der Waals surface area contributed by atoms with E-state index < -0.39 is 11.7 Å². The molecular weight excluding hydrogens is 321 g/mol. The van der Waals surface area contributed by atoms with Gasteiger partial charge in [0.1, 0.15) is 0 Å². The lowest BCUT2D eigenvalue weighted by molar-refractivity contribution is -0.137. The first-order valence-corrected chi connectivity index (χ1v) is 7.67. The van der Waals surface area contributed by atoms with Crippen LogP contribution in [0.4, 0.5) is 24.0 Å². The van der Waals surface area contributed by atoms with Gasteiger partial charge in [-0.15, -0.1) is 11.3 Å². The molecule has 0 amide bonds. The monoisotopic (exact) mass is 336 g/mol. The van der Waals surface area contributed by atoms with Crippen molar-refractivity contribution in [2.45, 2.75) is 13.1 Å². The molecule has 0 saturated heterocycles. The second kappa shape index (κ2) is 7.28. The van der Waals surface area contributed by atoms with Gasteiger partial charge in [0.15, 0.2) is 5.13 Å². The molecule has 0 aliphatic heterocycles. The number of hydrogen-bond donors (Lipinski definition) is 1. The Kier molecular flexibility index (Phi) is 5.39. The zero-order valence-electron chi connectivity index (χ0n) is 12.4. The quantitative estimate of drug-likeness (QED) is 0.672. The van der Waals surface area contributed by atoms with E-state index in [0.717, 1.165) is 23.4 Å². The lowest BCUT2D eigenvalue weighted by atomic mass is 10.2. The molecule has 0 aliphatic carbocycles. The average Bonchev–Trinajstić information content (AvgIpc) is 2.96. The maximum Gasteiger partial charge on any atom is 0.416 e. The predicted octanol–water partition coefficient (Wildman–Crippen LogP) is 6.05. The molecule has 1 aromatic carbocycles. The van der Waals surface area contributed by atoms with Crippen LogP contribution in [0.5, 0.6) is 0 Å². The van der Waals surface area contributed by atoms with Crippen molar-refractivity contribution in [3.63, 3.8) is 0 Å². The maximum absolute atomic E-state index is 12.7. The van der Waals surface area contributed by atoms with Crippen LogP contribution < -0.4 is 5.32 Å². The van der Waals surface area contributed by atoms with Gasteiger partial charge in [0, 0.05) is 16.6 Å². The first-order valence-electron chi connectivity index (χ1n) is 6.79. The van der Waals surface area contributed by atoms with Crippen molar-refractivity contribution < 1.29 is 13.2 Å². The summed E-state index contributed by atoms with van der Waals surface area (Å²) in [5.74, 6) is 0. The van der Waals surface area contributed by atoms with E-state index in [0.29, 0.717) is 10.8 Å². The van der Waals surface area contributed by atoms with Gasteiger partial charge in [-0.1, -0.05) is 36.9 Å². The van der Waals surface area contributed by atoms with Crippen LogP contribution in [-0.4, -0.2) is 4.98 Å². The number of allylic oxidation sites excluding steroid dienone is 5. The minimum atomic E-state index is -4.36. The van der Waals surface area contributed by atoms with Crippen molar-refractivity contribution in [2.75, 3.05) is 5.32 Å². The second-order valence-electron chi connectivity index (χ2n) is 4.59. The number of anilines is 2. The van der Waals surface area contributed by atoms with Gasteiger partial charge in [-0.3, -0.25) is 0 Å². The van der Waals surface area contributed by atoms with Crippen molar-refractivity contribution in [2.24, 2.45) is 0 Å². The van der Waals surface area contributed by atoms with Crippen LogP contribution in [0.3, 0.4) is 0 Å². The molecule has 1 N–H and O–H groups in total. The number of hydrogen-bond acceptors (Lipinski definition) is 3. The van der Waals surface area contributed by atoms with Gasteiger partial charge in [-0.25, -0.2) is 4.98 Å². The normalized spacial score (nSPS) is 12.6. The van der Waals surface area contributed by atoms with E-state index in [2.05, 4.69) is 16.9 Å². The fraction of sp³-hybridized carbons (Fsp3) is 0.118. The van der Waals surface area contributed by atoms with E-state index in [1.807, 2.05) is 30.5 Å². The van der Waals surface area contributed by atoms with Gasteiger partial charge in [-0.2, -0.15) is 13.2 Å². The van der Waals surface area contributed by atoms with E-state index >= 15 is 0 Å². The SMILES string of the molecule is C=C/C(=C\C=C/C)c1csc(Nc2cccc(C(F)(F)F)c2)n1. The topological polar surface area (TPSA) is 24.9 Å². The molecule has 0 bridgehead atoms. The molecule has 1 heterocycles. The summed E-state index contributed by atoms with van der Waals surface area (Å²) in [5.41, 5.74) is 1.21. The standard InChI is InChI=1S/C17H15F3N2S/c1-3-5-7-12(4-2)15-11-23-16(22-15)21-14-9-6-8-13(10-14)17(18,19)20/h3-11H,2H2,1H3,(H,21,22)/b5-3-,12-7+. The summed E-state index contributed by atoms with van der Waals surface area (Å²) in [6, 6.07) is 5.03. The molecule has 2 rings (SSSR count). The number of rotatable bonds is 5. The van der Waals surface area contributed by atoms with Gasteiger partial charge < -0.3 is 5.32 Å². The van der Waals surface area contributed by atoms with Crippen LogP contribution in [0.1, 0.15) is 18.2 Å². The summed E-state index contributed by atoms with van der Waals surface area (Å²) in [7, 11) is 0. The fourth-order valence-electron chi connectivity index (χ4n) is 1.82. The zero-order chi connectivity index (χ0) is 16.9. The van der Waals surface area contributed by atoms with Crippen LogP contribution in [-0.2, 0) is 6.18 Å². The minimum Gasteiger partial charge on any atom is -0.332 e. The highest BCUT2D eigenvalue weighted by molar-refractivity contribution is 7.13. The third-order valence-corrected chi connectivity index (χ3v) is 3.69. The van der Waals surface area contributed by atoms with Crippen molar-refractivity contribution in [3.8, 4) is 0 Å². The van der Waals surface area contributed by atoms with E-state index in [4.69, 9.17) is 0 Å². The van der Waals surface area contributed by atoms with Crippen molar-refractivity contribution >= 4 is 27.7 Å². The molecule has 0 unspecified atom stereocenters. The van der Waals surface area contributed by atoms with Crippen molar-refractivity contribution in [3.05, 3.63) is 71.8 Å². The van der Waals surface area contributed by atoms with Gasteiger partial charge in [-0.05, 0) is 25.1 Å². The number of alkyl halides is 3. The highest BCUT2D eigenvalue weighted by Gasteiger charge is 2.30. The van der Waals surface area contributed by atoms with E-state index in [-0.39, 0.29) is 0 Å². The van der Waals surface area contributed by atoms with Crippen LogP contribution in [0, 0.1) is 0 Å². The summed E-state index contributed by atoms with van der Waals surface area (Å²) in [5, 5.41) is 5.25. The predicted molar refractivity (Wildman–Crippen MR) is 89.8 cm³/mol. The Bertz CT molecular complexity index is 742. The third-order valence-electron chi connectivity index (χ3n) is 2.93. The highest BCUT2D eigenvalue weighted by atomic mass is 32.1. The molecule has 2 nitrogen and oxygen atoms in total. The summed E-state index contributed by atoms with van der Waals surface area (Å²) >= 11 is 1.32. The first-order chi connectivity index (χ1) is 10.9. The summed E-state index contributed by atoms with van der Waals surface area (Å²) in [4.78, 5) is 4.37. The highest BCUT2D eigenvalue weighted by Crippen LogP contribution is 2.32. The molecule has 120 valence electrons. The molecule has 0 atom stereocenters. The van der Waals surface area contributed by atoms with Gasteiger partial charge in [0.2, 0.25) is 0 Å². The van der Waals surface area contributed by atoms with Gasteiger partial charge in [0.05, 0.1) is 11.3 Å². The summed E-state index contributed by atoms with van der Waals surface area (Å²) in [6.07, 6.45) is 2.95. The Labute approximate surface area is 136 Å². The summed E-state index contributed by atoms with van der Waals surface area (Å²) < 4.78 is 38.1. The Morgan fingerprint density at radius 3 is 2.78 bits per heavy atom. The maximum atomic E-state index is 12.7. The Hall–Kier alpha value is -2.34. The fourth-order valence-corrected chi connectivity index (χ4v) is 2.56. The largest absolute Gasteiger partial charge is 0.416 e. The molecule has 0 radical (unpaired) electrons. The number of aromatic nitrogens is 1. The number of benzene rings is 1. The van der Waals surface area contributed by atoms with Crippen molar-refractivity contribution in [1.82, 2.24) is 4.98 Å². The minimum absolute atomic E-state index is 0.346. The molecular formula is C17H15F3N2S. The molecule has 1 aromatic heterocycles. The van der Waals surface area contributed by atoms with Gasteiger partial charge in [0.25, 0.3) is 0 Å². The number of thiazole rings is 1. The molecule has 0 spiro atoms. The average molecular weight is 336 g/mol. The van der Waals surface area contributed by atoms with E-state index in [1.165, 1.54) is 17.4 Å². The van der Waals surface area contributed by atoms with Gasteiger partial charge >= 0.3 is 6.18 Å². The Morgan fingerprint density at radius 1 is 1.35 bits per heavy atom. The smallest absolute Gasteiger partial charge is 0.332 e. The summed E-state index contributed by atoms with van der Waals surface area (Å²) in [6.45, 7) is 5.64. The number of nitrogens with one attached hydrogen (secondary N) is 1. The Balaban J connectivity index is 2.21. The van der Waals surface area contributed by atoms with E-state index in [9.17, 15) is 13.2 Å². The van der Waals surface area contributed by atoms with Crippen LogP contribution >= 0.6 is 11.3 Å². The van der Waals surface area contributed by atoms with Crippen LogP contribution in [0.25, 0.3) is 5.57 Å². The molecule has 2 aromatic rings. The molecule has 0 fully saturated rings. The van der Waals surface area contributed by atoms with Crippen molar-refractivity contribution in [1.29, 1.82) is 0 Å². The lowest BCUT2D eigenvalue weighted by Gasteiger charge is -2.08. The number of halogens is 3. The molecule has 0 saturated carbocycles. The molecule has 23 heavy (non-hydrogen) atoms. The van der Waals surface area contributed by atoms with E-state index in [1.54, 1.807) is 12.1 Å². The second-order valence-corrected chi connectivity index (χ2v) is 5.45. The zero-order valence-corrected chi connectivity index (χ0v) is 13.2. The first kappa shape index (κ1) is 17.0. The Morgan fingerprint density at radius 2 is 2.13 bits per heavy atom. The molecule has 0 aliphatic rings. The van der Waals surface area contributed by atoms with Crippen LogP contribution in [0.15, 0.2) is 60.5 Å². The number of nitrogens with zero attached hydrogens (tertiary/aromatic N) is 1. The third kappa shape index (κ3) is 4.56.